The summed E-state index contributed by atoms with van der Waals surface area (Å²) >= 11 is 0. The summed E-state index contributed by atoms with van der Waals surface area (Å²) in [6, 6.07) is 18.4. The monoisotopic (exact) mass is 385 g/mol. The number of rotatable bonds is 4. The van der Waals surface area contributed by atoms with E-state index in [1.807, 2.05) is 24.3 Å². The van der Waals surface area contributed by atoms with E-state index >= 15 is 0 Å². The van der Waals surface area contributed by atoms with Gasteiger partial charge in [-0.05, 0) is 54.0 Å². The number of aromatic nitrogens is 1. The van der Waals surface area contributed by atoms with Crippen molar-refractivity contribution in [1.82, 2.24) is 4.98 Å². The van der Waals surface area contributed by atoms with Gasteiger partial charge in [0, 0.05) is 17.3 Å². The number of ether oxygens (including phenoxy) is 2. The molecule has 1 unspecified atom stereocenters. The second-order valence-corrected chi connectivity index (χ2v) is 7.24. The first-order chi connectivity index (χ1) is 14.1. The highest BCUT2D eigenvalue weighted by molar-refractivity contribution is 5.81. The van der Waals surface area contributed by atoms with Gasteiger partial charge in [0.25, 0.3) is 0 Å². The molecular weight excluding hydrogens is 362 g/mol. The second kappa shape index (κ2) is 7.84. The minimum absolute atomic E-state index is 0.279. The quantitative estimate of drug-likeness (QED) is 0.715. The fourth-order valence-electron chi connectivity index (χ4n) is 4.17. The number of methoxy groups -OCH3 is 2. The van der Waals surface area contributed by atoms with Crippen LogP contribution in [0, 0.1) is 11.3 Å². The molecule has 4 rings (SSSR count). The molecule has 5 heteroatoms. The van der Waals surface area contributed by atoms with E-state index in [9.17, 15) is 5.26 Å². The number of hydrogen-bond donors (Lipinski definition) is 1. The van der Waals surface area contributed by atoms with Crippen LogP contribution >= 0.6 is 0 Å². The summed E-state index contributed by atoms with van der Waals surface area (Å²) in [5.41, 5.74) is 11.7. The zero-order valence-electron chi connectivity index (χ0n) is 16.6. The van der Waals surface area contributed by atoms with Crippen LogP contribution in [-0.2, 0) is 12.8 Å². The Bertz CT molecular complexity index is 1070. The lowest BCUT2D eigenvalue weighted by atomic mass is 9.78. The fraction of sp³-hybridized carbons (Fsp3) is 0.250. The van der Waals surface area contributed by atoms with E-state index < -0.39 is 0 Å². The van der Waals surface area contributed by atoms with E-state index in [-0.39, 0.29) is 5.82 Å². The molecule has 0 aliphatic heterocycles. The van der Waals surface area contributed by atoms with Gasteiger partial charge < -0.3 is 15.2 Å². The summed E-state index contributed by atoms with van der Waals surface area (Å²) in [5, 5.41) is 9.87. The third-order valence-corrected chi connectivity index (χ3v) is 5.61. The Morgan fingerprint density at radius 2 is 1.76 bits per heavy atom. The highest BCUT2D eigenvalue weighted by atomic mass is 16.5. The van der Waals surface area contributed by atoms with E-state index in [4.69, 9.17) is 15.2 Å². The van der Waals surface area contributed by atoms with Crippen molar-refractivity contribution in [3.05, 3.63) is 70.9 Å². The van der Waals surface area contributed by atoms with Crippen molar-refractivity contribution >= 4 is 5.82 Å². The topological polar surface area (TPSA) is 81.2 Å². The van der Waals surface area contributed by atoms with Crippen LogP contribution in [0.2, 0.25) is 0 Å². The van der Waals surface area contributed by atoms with Crippen LogP contribution in [0.15, 0.2) is 48.5 Å². The summed E-state index contributed by atoms with van der Waals surface area (Å²) < 4.78 is 10.9. The molecule has 2 aromatic carbocycles. The lowest BCUT2D eigenvalue weighted by Crippen LogP contribution is -2.17. The zero-order chi connectivity index (χ0) is 20.4. The van der Waals surface area contributed by atoms with Gasteiger partial charge >= 0.3 is 0 Å². The van der Waals surface area contributed by atoms with Gasteiger partial charge in [-0.2, -0.15) is 5.26 Å². The van der Waals surface area contributed by atoms with Crippen LogP contribution in [0.5, 0.6) is 11.5 Å². The normalized spacial score (nSPS) is 15.3. The number of nitrogens with zero attached hydrogens (tertiary/aromatic N) is 2. The number of nitriles is 1. The van der Waals surface area contributed by atoms with Gasteiger partial charge in [-0.3, -0.25) is 0 Å². The van der Waals surface area contributed by atoms with E-state index in [2.05, 4.69) is 35.3 Å². The Balaban J connectivity index is 1.91. The zero-order valence-corrected chi connectivity index (χ0v) is 16.6. The summed E-state index contributed by atoms with van der Waals surface area (Å²) in [7, 11) is 3.23. The molecule has 0 saturated heterocycles. The lowest BCUT2D eigenvalue weighted by Gasteiger charge is -2.27. The maximum absolute atomic E-state index is 9.87. The molecule has 0 fully saturated rings. The second-order valence-electron chi connectivity index (χ2n) is 7.24. The molecule has 3 aromatic rings. The van der Waals surface area contributed by atoms with E-state index in [0.29, 0.717) is 23.0 Å². The number of nitrogen functional groups attached to an aromatic ring is 1. The average Bonchev–Trinajstić information content (AvgIpc) is 2.78. The van der Waals surface area contributed by atoms with Crippen LogP contribution in [0.3, 0.4) is 0 Å². The Labute approximate surface area is 170 Å². The Morgan fingerprint density at radius 1 is 1.07 bits per heavy atom. The van der Waals surface area contributed by atoms with Crippen molar-refractivity contribution < 1.29 is 9.47 Å². The lowest BCUT2D eigenvalue weighted by molar-refractivity contribution is 0.394. The average molecular weight is 385 g/mol. The summed E-state index contributed by atoms with van der Waals surface area (Å²) in [4.78, 5) is 4.58. The van der Waals surface area contributed by atoms with E-state index in [1.165, 1.54) is 5.56 Å². The molecule has 0 radical (unpaired) electrons. The number of pyridine rings is 1. The van der Waals surface area contributed by atoms with Crippen LogP contribution in [0.25, 0.3) is 11.1 Å². The molecular formula is C24H23N3O2. The fourth-order valence-corrected chi connectivity index (χ4v) is 4.17. The minimum atomic E-state index is 0.279. The van der Waals surface area contributed by atoms with Crippen LogP contribution in [-0.4, -0.2) is 19.2 Å². The number of aryl methyl sites for hydroxylation is 1. The van der Waals surface area contributed by atoms with Crippen molar-refractivity contribution in [3.63, 3.8) is 0 Å². The van der Waals surface area contributed by atoms with Crippen molar-refractivity contribution in [2.75, 3.05) is 20.0 Å². The highest BCUT2D eigenvalue weighted by Gasteiger charge is 2.27. The number of anilines is 1. The third-order valence-electron chi connectivity index (χ3n) is 5.61. The Hall–Kier alpha value is -3.52. The molecule has 1 heterocycles. The van der Waals surface area contributed by atoms with Crippen LogP contribution < -0.4 is 15.2 Å². The molecule has 1 aromatic heterocycles. The summed E-state index contributed by atoms with van der Waals surface area (Å²) in [6.45, 7) is 0. The molecule has 0 bridgehead atoms. The number of fused-ring (bicyclic) bond motifs is 1. The molecule has 1 atom stereocenters. The first-order valence-corrected chi connectivity index (χ1v) is 9.64. The number of benzene rings is 2. The molecule has 29 heavy (non-hydrogen) atoms. The van der Waals surface area contributed by atoms with Crippen LogP contribution in [0.1, 0.15) is 34.7 Å². The summed E-state index contributed by atoms with van der Waals surface area (Å²) in [5.74, 6) is 2.00. The third kappa shape index (κ3) is 3.50. The smallest absolute Gasteiger partial charge is 0.142 e. The van der Waals surface area contributed by atoms with Gasteiger partial charge in [0.2, 0.25) is 0 Å². The standard InChI is InChI=1S/C24H23N3O2/c1-28-18-10-17(11-19(13-18)29-2)23-20-12-16(15-6-4-3-5-7-15)8-9-22(20)27-24(26)21(23)14-25/h3-7,10-11,13,16H,8-9,12H2,1-2H3,(H2,26,27). The molecule has 0 spiro atoms. The molecule has 1 aliphatic rings. The summed E-state index contributed by atoms with van der Waals surface area (Å²) in [6.07, 6.45) is 2.66. The van der Waals surface area contributed by atoms with Gasteiger partial charge in [0.1, 0.15) is 28.9 Å². The van der Waals surface area contributed by atoms with Crippen LogP contribution in [0.4, 0.5) is 5.82 Å². The first-order valence-electron chi connectivity index (χ1n) is 9.64. The molecule has 2 N–H and O–H groups in total. The number of nitrogens with two attached hydrogens (primary N) is 1. The van der Waals surface area contributed by atoms with E-state index in [1.54, 1.807) is 14.2 Å². The maximum atomic E-state index is 9.87. The number of hydrogen-bond acceptors (Lipinski definition) is 5. The van der Waals surface area contributed by atoms with Crippen molar-refractivity contribution in [2.24, 2.45) is 0 Å². The van der Waals surface area contributed by atoms with Gasteiger partial charge in [0.15, 0.2) is 0 Å². The molecule has 5 nitrogen and oxygen atoms in total. The predicted octanol–water partition coefficient (Wildman–Crippen LogP) is 4.49. The van der Waals surface area contributed by atoms with Gasteiger partial charge in [-0.1, -0.05) is 30.3 Å². The molecule has 0 amide bonds. The molecule has 1 aliphatic carbocycles. The Kier molecular flexibility index (Phi) is 5.09. The van der Waals surface area contributed by atoms with Gasteiger partial charge in [0.05, 0.1) is 14.2 Å². The Morgan fingerprint density at radius 3 is 2.38 bits per heavy atom. The van der Waals surface area contributed by atoms with Crippen molar-refractivity contribution in [1.29, 1.82) is 5.26 Å². The molecule has 0 saturated carbocycles. The van der Waals surface area contributed by atoms with Crippen molar-refractivity contribution in [3.8, 4) is 28.7 Å². The predicted molar refractivity (Wildman–Crippen MR) is 113 cm³/mol. The van der Waals surface area contributed by atoms with Crippen molar-refractivity contribution in [2.45, 2.75) is 25.2 Å². The largest absolute Gasteiger partial charge is 0.497 e. The van der Waals surface area contributed by atoms with Gasteiger partial charge in [-0.25, -0.2) is 4.98 Å². The first kappa shape index (κ1) is 18.8. The SMILES string of the molecule is COc1cc(OC)cc(-c2c(C#N)c(N)nc3c2CC(c2ccccc2)CC3)c1. The van der Waals surface area contributed by atoms with Gasteiger partial charge in [-0.15, -0.1) is 0 Å². The highest BCUT2D eigenvalue weighted by Crippen LogP contribution is 2.42. The maximum Gasteiger partial charge on any atom is 0.142 e. The minimum Gasteiger partial charge on any atom is -0.497 e. The van der Waals surface area contributed by atoms with E-state index in [0.717, 1.165) is 41.6 Å². The molecule has 146 valence electrons.